The number of nitrogens with zero attached hydrogens (tertiary/aromatic N) is 5. The van der Waals surface area contributed by atoms with Crippen LogP contribution in [0.2, 0.25) is 0 Å². The number of benzene rings is 2. The minimum Gasteiger partial charge on any atom is -0.335 e. The minimum absolute atomic E-state index is 0.0376. The van der Waals surface area contributed by atoms with Crippen molar-refractivity contribution in [2.24, 2.45) is 0 Å². The van der Waals surface area contributed by atoms with Crippen LogP contribution in [-0.2, 0) is 4.79 Å². The maximum absolute atomic E-state index is 13.1. The SMILES string of the molecule is O=C(c1ccc2nc(-c3ccccc3)sc2c1)N1CC(N2CCN(c3nccs3)C(=O)C2)C1. The summed E-state index contributed by atoms with van der Waals surface area (Å²) >= 11 is 3.09. The predicted molar refractivity (Wildman–Crippen MR) is 131 cm³/mol. The number of carbonyl (C=O) groups excluding carboxylic acids is 2. The highest BCUT2D eigenvalue weighted by atomic mass is 32.1. The molecule has 0 atom stereocenters. The van der Waals surface area contributed by atoms with E-state index in [2.05, 4.69) is 9.88 Å². The molecule has 33 heavy (non-hydrogen) atoms. The average molecular weight is 476 g/mol. The molecule has 9 heteroatoms. The van der Waals surface area contributed by atoms with E-state index in [0.29, 0.717) is 31.7 Å². The standard InChI is InChI=1S/C24H21N5O2S2/c30-21-15-27(9-10-29(21)24-25-8-11-32-24)18-13-28(14-18)23(31)17-6-7-19-20(12-17)33-22(26-19)16-4-2-1-3-5-16/h1-8,11-12,18H,9-10,13-15H2. The first-order chi connectivity index (χ1) is 16.2. The zero-order chi connectivity index (χ0) is 22.4. The second-order valence-corrected chi connectivity index (χ2v) is 10.2. The Hall–Kier alpha value is -3.14. The van der Waals surface area contributed by atoms with Crippen LogP contribution in [0.5, 0.6) is 0 Å². The second kappa shape index (κ2) is 8.33. The molecular formula is C24H21N5O2S2. The van der Waals surface area contributed by atoms with E-state index < -0.39 is 0 Å². The van der Waals surface area contributed by atoms with Crippen LogP contribution in [0, 0.1) is 0 Å². The third kappa shape index (κ3) is 3.82. The largest absolute Gasteiger partial charge is 0.335 e. The topological polar surface area (TPSA) is 69.6 Å². The summed E-state index contributed by atoms with van der Waals surface area (Å²) in [6, 6.07) is 16.1. The number of amides is 2. The molecule has 2 fully saturated rings. The van der Waals surface area contributed by atoms with Gasteiger partial charge in [0.05, 0.1) is 16.8 Å². The van der Waals surface area contributed by atoms with Gasteiger partial charge in [0.25, 0.3) is 5.91 Å². The van der Waals surface area contributed by atoms with Crippen LogP contribution in [-0.4, -0.2) is 70.3 Å². The highest BCUT2D eigenvalue weighted by molar-refractivity contribution is 7.21. The van der Waals surface area contributed by atoms with Crippen LogP contribution in [0.3, 0.4) is 0 Å². The van der Waals surface area contributed by atoms with E-state index in [9.17, 15) is 9.59 Å². The van der Waals surface area contributed by atoms with Crippen LogP contribution < -0.4 is 4.90 Å². The van der Waals surface area contributed by atoms with E-state index in [1.165, 1.54) is 11.3 Å². The number of carbonyl (C=O) groups is 2. The van der Waals surface area contributed by atoms with E-state index in [-0.39, 0.29) is 17.9 Å². The van der Waals surface area contributed by atoms with E-state index in [1.54, 1.807) is 22.4 Å². The Morgan fingerprint density at radius 2 is 1.91 bits per heavy atom. The summed E-state index contributed by atoms with van der Waals surface area (Å²) < 4.78 is 1.01. The van der Waals surface area contributed by atoms with Crippen molar-refractivity contribution in [3.05, 3.63) is 65.7 Å². The molecule has 2 aliphatic rings. The molecule has 0 bridgehead atoms. The van der Waals surface area contributed by atoms with Crippen molar-refractivity contribution in [2.75, 3.05) is 37.6 Å². The number of fused-ring (bicyclic) bond motifs is 1. The van der Waals surface area contributed by atoms with Gasteiger partial charge in [0, 0.05) is 54.9 Å². The summed E-state index contributed by atoms with van der Waals surface area (Å²) in [4.78, 5) is 40.4. The lowest BCUT2D eigenvalue weighted by Crippen LogP contribution is -2.65. The summed E-state index contributed by atoms with van der Waals surface area (Å²) in [6.07, 6.45) is 1.72. The second-order valence-electron chi connectivity index (χ2n) is 8.26. The van der Waals surface area contributed by atoms with Gasteiger partial charge in [-0.3, -0.25) is 19.4 Å². The van der Waals surface area contributed by atoms with Gasteiger partial charge in [-0.2, -0.15) is 0 Å². The maximum Gasteiger partial charge on any atom is 0.254 e. The molecule has 7 nitrogen and oxygen atoms in total. The summed E-state index contributed by atoms with van der Waals surface area (Å²) in [5, 5.41) is 3.61. The van der Waals surface area contributed by atoms with E-state index >= 15 is 0 Å². The van der Waals surface area contributed by atoms with Gasteiger partial charge < -0.3 is 4.90 Å². The molecular weight excluding hydrogens is 454 g/mol. The Morgan fingerprint density at radius 1 is 1.06 bits per heavy atom. The van der Waals surface area contributed by atoms with Crippen molar-refractivity contribution in [2.45, 2.75) is 6.04 Å². The van der Waals surface area contributed by atoms with Crippen molar-refractivity contribution >= 4 is 49.8 Å². The van der Waals surface area contributed by atoms with Gasteiger partial charge in [0.15, 0.2) is 5.13 Å². The van der Waals surface area contributed by atoms with Gasteiger partial charge in [0.2, 0.25) is 5.91 Å². The Bertz CT molecular complexity index is 1320. The molecule has 4 heterocycles. The number of thiazole rings is 2. The van der Waals surface area contributed by atoms with Crippen LogP contribution in [0.25, 0.3) is 20.8 Å². The minimum atomic E-state index is 0.0376. The highest BCUT2D eigenvalue weighted by Crippen LogP contribution is 2.31. The summed E-state index contributed by atoms with van der Waals surface area (Å²) in [5.74, 6) is 0.112. The molecule has 2 aromatic carbocycles. The molecule has 0 saturated carbocycles. The number of likely N-dealkylation sites (tertiary alicyclic amines) is 1. The van der Waals surface area contributed by atoms with Gasteiger partial charge in [-0.15, -0.1) is 22.7 Å². The normalized spacial score (nSPS) is 17.5. The Labute approximate surface area is 198 Å². The van der Waals surface area contributed by atoms with E-state index in [4.69, 9.17) is 4.98 Å². The number of rotatable bonds is 4. The summed E-state index contributed by atoms with van der Waals surface area (Å²) in [7, 11) is 0. The molecule has 0 N–H and O–H groups in total. The van der Waals surface area contributed by atoms with E-state index in [0.717, 1.165) is 32.5 Å². The quantitative estimate of drug-likeness (QED) is 0.451. The monoisotopic (exact) mass is 475 g/mol. The number of anilines is 1. The van der Waals surface area contributed by atoms with Crippen molar-refractivity contribution in [1.29, 1.82) is 0 Å². The fourth-order valence-corrected chi connectivity index (χ4v) is 6.05. The van der Waals surface area contributed by atoms with Crippen LogP contribution in [0.1, 0.15) is 10.4 Å². The lowest BCUT2D eigenvalue weighted by Gasteiger charge is -2.47. The molecule has 2 aliphatic heterocycles. The van der Waals surface area contributed by atoms with Gasteiger partial charge in [0.1, 0.15) is 5.01 Å². The molecule has 2 saturated heterocycles. The average Bonchev–Trinajstić information content (AvgIpc) is 3.48. The Morgan fingerprint density at radius 3 is 2.67 bits per heavy atom. The molecule has 166 valence electrons. The highest BCUT2D eigenvalue weighted by Gasteiger charge is 2.38. The van der Waals surface area contributed by atoms with Gasteiger partial charge in [-0.25, -0.2) is 9.97 Å². The Kier molecular flexibility index (Phi) is 5.17. The lowest BCUT2D eigenvalue weighted by atomic mass is 10.0. The lowest BCUT2D eigenvalue weighted by molar-refractivity contribution is -0.123. The van der Waals surface area contributed by atoms with Crippen molar-refractivity contribution < 1.29 is 9.59 Å². The number of hydrogen-bond acceptors (Lipinski definition) is 7. The zero-order valence-electron chi connectivity index (χ0n) is 17.8. The van der Waals surface area contributed by atoms with Gasteiger partial charge in [-0.1, -0.05) is 30.3 Å². The first-order valence-electron chi connectivity index (χ1n) is 10.8. The fraction of sp³-hybridized carbons (Fsp3) is 0.250. The van der Waals surface area contributed by atoms with Crippen LogP contribution in [0.15, 0.2) is 60.1 Å². The van der Waals surface area contributed by atoms with Crippen LogP contribution in [0.4, 0.5) is 5.13 Å². The first kappa shape index (κ1) is 20.5. The van der Waals surface area contributed by atoms with Gasteiger partial charge in [-0.05, 0) is 18.2 Å². The molecule has 0 aliphatic carbocycles. The first-order valence-corrected chi connectivity index (χ1v) is 12.5. The molecule has 6 rings (SSSR count). The zero-order valence-corrected chi connectivity index (χ0v) is 19.4. The molecule has 0 spiro atoms. The van der Waals surface area contributed by atoms with Crippen molar-refractivity contribution in [3.8, 4) is 10.6 Å². The molecule has 4 aromatic rings. The number of aromatic nitrogens is 2. The molecule has 2 aromatic heterocycles. The summed E-state index contributed by atoms with van der Waals surface area (Å²) in [5.41, 5.74) is 2.68. The third-order valence-corrected chi connectivity index (χ3v) is 8.08. The van der Waals surface area contributed by atoms with Crippen molar-refractivity contribution in [3.63, 3.8) is 0 Å². The number of hydrogen-bond donors (Lipinski definition) is 0. The fourth-order valence-electron chi connectivity index (χ4n) is 4.35. The smallest absolute Gasteiger partial charge is 0.254 e. The predicted octanol–water partition coefficient (Wildman–Crippen LogP) is 3.59. The third-order valence-electron chi connectivity index (χ3n) is 6.22. The van der Waals surface area contributed by atoms with E-state index in [1.807, 2.05) is 58.8 Å². The molecule has 2 amide bonds. The van der Waals surface area contributed by atoms with Crippen LogP contribution >= 0.6 is 22.7 Å². The van der Waals surface area contributed by atoms with Gasteiger partial charge >= 0.3 is 0 Å². The molecule has 0 radical (unpaired) electrons. The Balaban J connectivity index is 1.10. The number of piperazine rings is 1. The van der Waals surface area contributed by atoms with Crippen molar-refractivity contribution in [1.82, 2.24) is 19.8 Å². The maximum atomic E-state index is 13.1. The molecule has 0 unspecified atom stereocenters. The summed E-state index contributed by atoms with van der Waals surface area (Å²) in [6.45, 7) is 3.12.